The molecule has 0 saturated carbocycles. The third-order valence-electron chi connectivity index (χ3n) is 10.6. The van der Waals surface area contributed by atoms with Crippen LogP contribution in [-0.4, -0.2) is 68.4 Å². The molecular formula is C49H41N7O9. The second kappa shape index (κ2) is 19.1. The monoisotopic (exact) mass is 871 g/mol. The number of anilines is 1. The second-order valence-electron chi connectivity index (χ2n) is 14.5. The van der Waals surface area contributed by atoms with Gasteiger partial charge in [0.1, 0.15) is 0 Å². The summed E-state index contributed by atoms with van der Waals surface area (Å²) >= 11 is 0. The number of H-pyrrole nitrogens is 2. The van der Waals surface area contributed by atoms with Crippen LogP contribution in [0.1, 0.15) is 38.8 Å². The molecule has 0 aliphatic carbocycles. The van der Waals surface area contributed by atoms with Gasteiger partial charge in [-0.1, -0.05) is 108 Å². The Hall–Kier alpha value is -8.79. The van der Waals surface area contributed by atoms with E-state index >= 15 is 0 Å². The van der Waals surface area contributed by atoms with Crippen molar-refractivity contribution < 1.29 is 33.1 Å². The van der Waals surface area contributed by atoms with Crippen molar-refractivity contribution >= 4 is 46.1 Å². The molecule has 3 heterocycles. The van der Waals surface area contributed by atoms with Crippen LogP contribution in [-0.2, 0) is 27.4 Å². The number of para-hydroxylation sites is 3. The number of carbonyl (C=O) groups is 3. The highest BCUT2D eigenvalue weighted by Crippen LogP contribution is 2.32. The van der Waals surface area contributed by atoms with Crippen LogP contribution >= 0.6 is 0 Å². The largest absolute Gasteiger partial charge is 0.465 e. The molecule has 0 atom stereocenters. The standard InChI is InChI=1S/C25H23N3O4.C24H18N4O5/c1-3-32-25-27-22-10-6-8-20(24(30)31-2)23(22)28(25)15-17-11-13-18(14-12-17)19-7-4-5-9-21(19)26-16-29;1-32-22(29)18-7-4-8-19-20(18)28(23(30)25-19)13-14-9-11-15(12-10-14)16-5-2-3-6-17(16)21-26-24(31)33-27-21/h4-14,16H,3,15H2,1-2H3,(H,26,29);2-12H,13H2,1H3,(H,25,30)(H,26,27,31). The first-order valence-corrected chi connectivity index (χ1v) is 20.3. The van der Waals surface area contributed by atoms with E-state index in [-0.39, 0.29) is 12.2 Å². The van der Waals surface area contributed by atoms with Gasteiger partial charge in [-0.15, -0.1) is 0 Å². The Morgan fingerprint density at radius 3 is 1.88 bits per heavy atom. The third-order valence-corrected chi connectivity index (χ3v) is 10.6. The molecule has 0 saturated heterocycles. The number of amides is 1. The maximum Gasteiger partial charge on any atom is 0.439 e. The number of aromatic amines is 2. The first kappa shape index (κ1) is 42.9. The molecule has 0 aliphatic rings. The summed E-state index contributed by atoms with van der Waals surface area (Å²) in [6, 6.07) is 41.7. The zero-order chi connectivity index (χ0) is 45.5. The van der Waals surface area contributed by atoms with Gasteiger partial charge in [-0.3, -0.25) is 23.4 Å². The Morgan fingerprint density at radius 2 is 1.26 bits per heavy atom. The first-order valence-electron chi connectivity index (χ1n) is 20.3. The lowest BCUT2D eigenvalue weighted by Gasteiger charge is -2.12. The molecule has 326 valence electrons. The van der Waals surface area contributed by atoms with Crippen molar-refractivity contribution in [3.05, 3.63) is 177 Å². The van der Waals surface area contributed by atoms with Crippen molar-refractivity contribution in [3.63, 3.8) is 0 Å². The van der Waals surface area contributed by atoms with Gasteiger partial charge in [-0.2, -0.15) is 4.98 Å². The molecule has 0 unspecified atom stereocenters. The molecule has 16 heteroatoms. The molecule has 3 aromatic heterocycles. The molecule has 0 radical (unpaired) electrons. The number of imidazole rings is 2. The van der Waals surface area contributed by atoms with Crippen molar-refractivity contribution in [1.82, 2.24) is 29.2 Å². The highest BCUT2D eigenvalue weighted by atomic mass is 16.5. The average molecular weight is 872 g/mol. The highest BCUT2D eigenvalue weighted by Gasteiger charge is 2.21. The van der Waals surface area contributed by atoms with Gasteiger partial charge in [-0.25, -0.2) is 19.2 Å². The van der Waals surface area contributed by atoms with E-state index in [9.17, 15) is 24.0 Å². The van der Waals surface area contributed by atoms with Crippen LogP contribution in [0, 0.1) is 0 Å². The van der Waals surface area contributed by atoms with Gasteiger partial charge in [0.05, 0.1) is 67.1 Å². The number of ether oxygens (including phenoxy) is 3. The van der Waals surface area contributed by atoms with Crippen molar-refractivity contribution in [2.24, 2.45) is 0 Å². The minimum atomic E-state index is -0.620. The summed E-state index contributed by atoms with van der Waals surface area (Å²) in [6.07, 6.45) is 0.672. The van der Waals surface area contributed by atoms with E-state index in [4.69, 9.17) is 14.2 Å². The summed E-state index contributed by atoms with van der Waals surface area (Å²) in [5.41, 5.74) is 9.89. The number of hydrogen-bond acceptors (Lipinski definition) is 11. The summed E-state index contributed by atoms with van der Waals surface area (Å²) in [5, 5.41) is 6.52. The fourth-order valence-corrected chi connectivity index (χ4v) is 7.63. The van der Waals surface area contributed by atoms with E-state index in [0.29, 0.717) is 64.6 Å². The van der Waals surface area contributed by atoms with Crippen LogP contribution in [0.2, 0.25) is 0 Å². The molecule has 16 nitrogen and oxygen atoms in total. The van der Waals surface area contributed by atoms with E-state index in [0.717, 1.165) is 44.6 Å². The van der Waals surface area contributed by atoms with Gasteiger partial charge in [0, 0.05) is 16.8 Å². The number of aromatic nitrogens is 6. The van der Waals surface area contributed by atoms with Crippen LogP contribution in [0.4, 0.5) is 5.69 Å². The Labute approximate surface area is 370 Å². The van der Waals surface area contributed by atoms with Crippen LogP contribution in [0.25, 0.3) is 55.7 Å². The number of hydrogen-bond donors (Lipinski definition) is 3. The number of fused-ring (bicyclic) bond motifs is 2. The summed E-state index contributed by atoms with van der Waals surface area (Å²) in [4.78, 5) is 69.4. The molecule has 0 bridgehead atoms. The lowest BCUT2D eigenvalue weighted by molar-refractivity contribution is -0.105. The Morgan fingerprint density at radius 1 is 0.677 bits per heavy atom. The fourth-order valence-electron chi connectivity index (χ4n) is 7.63. The van der Waals surface area contributed by atoms with E-state index in [1.165, 1.54) is 18.8 Å². The minimum absolute atomic E-state index is 0.269. The normalized spacial score (nSPS) is 10.9. The molecule has 9 aromatic rings. The molecule has 3 N–H and O–H groups in total. The minimum Gasteiger partial charge on any atom is -0.465 e. The number of rotatable bonds is 13. The lowest BCUT2D eigenvalue weighted by Crippen LogP contribution is -2.18. The molecule has 0 fully saturated rings. The van der Waals surface area contributed by atoms with Crippen molar-refractivity contribution in [3.8, 4) is 39.7 Å². The number of nitrogens with one attached hydrogen (secondary N) is 3. The topological polar surface area (TPSA) is 205 Å². The number of esters is 2. The predicted octanol–water partition coefficient (Wildman–Crippen LogP) is 7.68. The summed E-state index contributed by atoms with van der Waals surface area (Å²) in [6.45, 7) is 3.08. The van der Waals surface area contributed by atoms with Gasteiger partial charge in [0.25, 0.3) is 6.01 Å². The molecule has 6 aromatic carbocycles. The zero-order valence-electron chi connectivity index (χ0n) is 35.4. The molecule has 0 spiro atoms. The summed E-state index contributed by atoms with van der Waals surface area (Å²) in [7, 11) is 2.67. The maximum absolute atomic E-state index is 12.6. The van der Waals surface area contributed by atoms with Crippen LogP contribution < -0.4 is 21.5 Å². The molecule has 1 amide bonds. The summed E-state index contributed by atoms with van der Waals surface area (Å²) < 4.78 is 23.6. The smallest absolute Gasteiger partial charge is 0.439 e. The van der Waals surface area contributed by atoms with Crippen molar-refractivity contribution in [1.29, 1.82) is 0 Å². The van der Waals surface area contributed by atoms with E-state index < -0.39 is 17.7 Å². The molecule has 9 rings (SSSR count). The number of benzene rings is 6. The number of methoxy groups -OCH3 is 2. The average Bonchev–Trinajstić information content (AvgIpc) is 4.03. The Balaban J connectivity index is 0.000000177. The van der Waals surface area contributed by atoms with Crippen molar-refractivity contribution in [2.45, 2.75) is 20.0 Å². The quantitative estimate of drug-likeness (QED) is 0.0757. The van der Waals surface area contributed by atoms with Crippen LogP contribution in [0.5, 0.6) is 6.01 Å². The summed E-state index contributed by atoms with van der Waals surface area (Å²) in [5.74, 6) is -1.20. The van der Waals surface area contributed by atoms with E-state index in [1.807, 2.05) is 115 Å². The number of nitrogens with zero attached hydrogens (tertiary/aromatic N) is 4. The van der Waals surface area contributed by atoms with Crippen molar-refractivity contribution in [2.75, 3.05) is 26.1 Å². The predicted molar refractivity (Wildman–Crippen MR) is 244 cm³/mol. The van der Waals surface area contributed by atoms with E-state index in [2.05, 4.69) is 29.9 Å². The van der Waals surface area contributed by atoms with E-state index in [1.54, 1.807) is 30.3 Å². The molecule has 0 aliphatic heterocycles. The zero-order valence-corrected chi connectivity index (χ0v) is 35.4. The fraction of sp³-hybridized carbons (Fsp3) is 0.122. The van der Waals surface area contributed by atoms with Gasteiger partial charge in [-0.05, 0) is 65.1 Å². The first-order chi connectivity index (χ1) is 31.7. The van der Waals surface area contributed by atoms with Crippen LogP contribution in [0.3, 0.4) is 0 Å². The molecular weight excluding hydrogens is 831 g/mol. The van der Waals surface area contributed by atoms with Gasteiger partial charge < -0.3 is 24.5 Å². The highest BCUT2D eigenvalue weighted by molar-refractivity contribution is 6.03. The second-order valence-corrected chi connectivity index (χ2v) is 14.5. The molecule has 65 heavy (non-hydrogen) atoms. The van der Waals surface area contributed by atoms with Crippen LogP contribution in [0.15, 0.2) is 148 Å². The third kappa shape index (κ3) is 8.94. The Kier molecular flexibility index (Phi) is 12.6. The lowest BCUT2D eigenvalue weighted by atomic mass is 9.98. The number of carbonyl (C=O) groups excluding carboxylic acids is 3. The maximum atomic E-state index is 12.6. The van der Waals surface area contributed by atoms with Gasteiger partial charge >= 0.3 is 23.4 Å². The van der Waals surface area contributed by atoms with Gasteiger partial charge in [0.2, 0.25) is 6.41 Å². The van der Waals surface area contributed by atoms with Gasteiger partial charge in [0.15, 0.2) is 5.82 Å². The SMILES string of the molecule is CCOc1nc2cccc(C(=O)OC)c2n1Cc1ccc(-c2ccccc2NC=O)cc1.COC(=O)c1cccc2[nH]c(=O)n(Cc3ccc(-c4ccccc4-c4noc(=O)[nH]4)cc3)c12. The Bertz CT molecular complexity index is 3290.